The van der Waals surface area contributed by atoms with Crippen LogP contribution in [0.15, 0.2) is 58.2 Å². The second kappa shape index (κ2) is 7.41. The van der Waals surface area contributed by atoms with E-state index in [2.05, 4.69) is 4.98 Å². The summed E-state index contributed by atoms with van der Waals surface area (Å²) in [7, 11) is 1.66. The Morgan fingerprint density at radius 1 is 1.27 bits per heavy atom. The lowest BCUT2D eigenvalue weighted by molar-refractivity contribution is -0.129. The van der Waals surface area contributed by atoms with Gasteiger partial charge in [-0.15, -0.1) is 0 Å². The number of ether oxygens (including phenoxy) is 1. The molecule has 1 unspecified atom stereocenters. The molecule has 4 rings (SSSR count). The quantitative estimate of drug-likeness (QED) is 0.629. The molecule has 134 valence electrons. The minimum atomic E-state index is 0.121. The molecule has 1 aromatic heterocycles. The monoisotopic (exact) mass is 368 g/mol. The number of hydrogen-bond acceptors (Lipinski definition) is 5. The number of para-hydroxylation sites is 2. The highest BCUT2D eigenvalue weighted by Crippen LogP contribution is 2.34. The predicted molar refractivity (Wildman–Crippen MR) is 101 cm³/mol. The fraction of sp³-hybridized carbons (Fsp3) is 0.300. The van der Waals surface area contributed by atoms with Crippen LogP contribution < -0.4 is 4.74 Å². The molecular weight excluding hydrogens is 348 g/mol. The molecule has 26 heavy (non-hydrogen) atoms. The molecule has 0 spiro atoms. The number of carbonyl (C=O) groups excluding carboxylic acids is 1. The summed E-state index contributed by atoms with van der Waals surface area (Å²) < 4.78 is 10.9. The number of rotatable bonds is 5. The maximum absolute atomic E-state index is 12.8. The van der Waals surface area contributed by atoms with Crippen LogP contribution in [0.5, 0.6) is 5.75 Å². The molecule has 0 saturated carbocycles. The Balaban J connectivity index is 1.42. The van der Waals surface area contributed by atoms with Gasteiger partial charge < -0.3 is 14.1 Å². The van der Waals surface area contributed by atoms with Crippen LogP contribution >= 0.6 is 11.8 Å². The van der Waals surface area contributed by atoms with E-state index in [1.54, 1.807) is 7.11 Å². The van der Waals surface area contributed by atoms with Crippen molar-refractivity contribution in [2.24, 2.45) is 0 Å². The lowest BCUT2D eigenvalue weighted by Crippen LogP contribution is -2.31. The average Bonchev–Trinajstić information content (AvgIpc) is 3.33. The molecule has 6 heteroatoms. The van der Waals surface area contributed by atoms with Crippen LogP contribution in [-0.4, -0.2) is 35.2 Å². The van der Waals surface area contributed by atoms with E-state index >= 15 is 0 Å². The van der Waals surface area contributed by atoms with E-state index < -0.39 is 0 Å². The van der Waals surface area contributed by atoms with E-state index in [1.165, 1.54) is 11.8 Å². The number of fused-ring (bicyclic) bond motifs is 1. The molecule has 1 amide bonds. The third-order valence-corrected chi connectivity index (χ3v) is 5.48. The Morgan fingerprint density at radius 2 is 2.08 bits per heavy atom. The fourth-order valence-corrected chi connectivity index (χ4v) is 4.08. The largest absolute Gasteiger partial charge is 0.497 e. The van der Waals surface area contributed by atoms with Gasteiger partial charge in [-0.05, 0) is 42.7 Å². The van der Waals surface area contributed by atoms with Gasteiger partial charge in [0.05, 0.1) is 18.9 Å². The summed E-state index contributed by atoms with van der Waals surface area (Å²) in [5.74, 6) is 1.28. The van der Waals surface area contributed by atoms with E-state index in [4.69, 9.17) is 9.15 Å². The molecule has 1 aliphatic rings. The van der Waals surface area contributed by atoms with Crippen molar-refractivity contribution in [1.82, 2.24) is 9.88 Å². The molecule has 1 atom stereocenters. The molecule has 0 radical (unpaired) electrons. The van der Waals surface area contributed by atoms with Gasteiger partial charge in [-0.3, -0.25) is 4.79 Å². The highest BCUT2D eigenvalue weighted by atomic mass is 32.2. The first-order valence-electron chi connectivity index (χ1n) is 8.66. The van der Waals surface area contributed by atoms with Crippen molar-refractivity contribution in [2.75, 3.05) is 19.4 Å². The van der Waals surface area contributed by atoms with E-state index in [-0.39, 0.29) is 11.9 Å². The number of oxazole rings is 1. The number of carbonyl (C=O) groups is 1. The van der Waals surface area contributed by atoms with Crippen LogP contribution in [0, 0.1) is 0 Å². The Hall–Kier alpha value is -2.47. The Morgan fingerprint density at radius 3 is 2.85 bits per heavy atom. The number of methoxy groups -OCH3 is 1. The van der Waals surface area contributed by atoms with Gasteiger partial charge in [-0.25, -0.2) is 4.98 Å². The lowest BCUT2D eigenvalue weighted by Gasteiger charge is -2.25. The molecule has 1 saturated heterocycles. The number of nitrogens with zero attached hydrogens (tertiary/aromatic N) is 2. The number of thioether (sulfide) groups is 1. The van der Waals surface area contributed by atoms with Crippen LogP contribution in [0.25, 0.3) is 11.1 Å². The number of likely N-dealkylation sites (tertiary alicyclic amines) is 1. The van der Waals surface area contributed by atoms with Crippen LogP contribution in [0.4, 0.5) is 0 Å². The molecule has 2 aromatic carbocycles. The highest BCUT2D eigenvalue weighted by Gasteiger charge is 2.30. The Labute approximate surface area is 156 Å². The summed E-state index contributed by atoms with van der Waals surface area (Å²) in [4.78, 5) is 19.1. The van der Waals surface area contributed by atoms with E-state index in [0.717, 1.165) is 41.8 Å². The lowest BCUT2D eigenvalue weighted by atomic mass is 10.0. The van der Waals surface area contributed by atoms with E-state index in [0.29, 0.717) is 11.0 Å². The standard InChI is InChI=1S/C20H20N2O3S/c1-24-15-10-8-14(9-11-15)17-6-4-12-22(17)19(23)13-26-20-21-16-5-2-3-7-18(16)25-20/h2-3,5,7-11,17H,4,6,12-13H2,1H3. The first kappa shape index (κ1) is 17.0. The van der Waals surface area contributed by atoms with Crippen molar-refractivity contribution in [2.45, 2.75) is 24.1 Å². The third kappa shape index (κ3) is 3.42. The van der Waals surface area contributed by atoms with E-state index in [9.17, 15) is 4.79 Å². The molecule has 2 heterocycles. The molecule has 0 N–H and O–H groups in total. The Bertz CT molecular complexity index is 874. The van der Waals surface area contributed by atoms with Crippen LogP contribution in [-0.2, 0) is 4.79 Å². The van der Waals surface area contributed by atoms with Gasteiger partial charge in [-0.2, -0.15) is 0 Å². The van der Waals surface area contributed by atoms with Crippen molar-refractivity contribution in [3.63, 3.8) is 0 Å². The zero-order valence-corrected chi connectivity index (χ0v) is 15.4. The summed E-state index contributed by atoms with van der Waals surface area (Å²) >= 11 is 1.36. The van der Waals surface area contributed by atoms with Crippen molar-refractivity contribution >= 4 is 28.8 Å². The second-order valence-corrected chi connectivity index (χ2v) is 7.18. The molecule has 3 aromatic rings. The number of aromatic nitrogens is 1. The molecule has 5 nitrogen and oxygen atoms in total. The second-order valence-electron chi connectivity index (χ2n) is 6.25. The number of hydrogen-bond donors (Lipinski definition) is 0. The molecular formula is C20H20N2O3S. The summed E-state index contributed by atoms with van der Waals surface area (Å²) in [5.41, 5.74) is 2.72. The van der Waals surface area contributed by atoms with E-state index in [1.807, 2.05) is 53.4 Å². The zero-order chi connectivity index (χ0) is 17.9. The minimum absolute atomic E-state index is 0.121. The van der Waals surface area contributed by atoms with Crippen LogP contribution in [0.2, 0.25) is 0 Å². The maximum atomic E-state index is 12.8. The first-order chi connectivity index (χ1) is 12.7. The summed E-state index contributed by atoms with van der Waals surface area (Å²) in [6.07, 6.45) is 2.02. The molecule has 1 aliphatic heterocycles. The predicted octanol–water partition coefficient (Wildman–Crippen LogP) is 4.29. The van der Waals surface area contributed by atoms with Gasteiger partial charge >= 0.3 is 0 Å². The van der Waals surface area contributed by atoms with Crippen molar-refractivity contribution in [1.29, 1.82) is 0 Å². The smallest absolute Gasteiger partial charge is 0.257 e. The van der Waals surface area contributed by atoms with Crippen molar-refractivity contribution in [3.05, 3.63) is 54.1 Å². The number of amides is 1. The van der Waals surface area contributed by atoms with Gasteiger partial charge in [0.2, 0.25) is 5.91 Å². The van der Waals surface area contributed by atoms with Crippen molar-refractivity contribution in [3.8, 4) is 5.75 Å². The SMILES string of the molecule is COc1ccc(C2CCCN2C(=O)CSc2nc3ccccc3o2)cc1. The molecule has 1 fully saturated rings. The van der Waals surface area contributed by atoms with Crippen LogP contribution in [0.1, 0.15) is 24.4 Å². The third-order valence-electron chi connectivity index (χ3n) is 4.67. The van der Waals surface area contributed by atoms with Crippen molar-refractivity contribution < 1.29 is 13.9 Å². The topological polar surface area (TPSA) is 55.6 Å². The highest BCUT2D eigenvalue weighted by molar-refractivity contribution is 7.99. The summed E-state index contributed by atoms with van der Waals surface area (Å²) in [6.45, 7) is 0.795. The van der Waals surface area contributed by atoms with Gasteiger partial charge in [0, 0.05) is 6.54 Å². The molecule has 0 aliphatic carbocycles. The zero-order valence-electron chi connectivity index (χ0n) is 14.6. The van der Waals surface area contributed by atoms with Crippen LogP contribution in [0.3, 0.4) is 0 Å². The minimum Gasteiger partial charge on any atom is -0.497 e. The van der Waals surface area contributed by atoms with Gasteiger partial charge in [0.1, 0.15) is 11.3 Å². The Kier molecular flexibility index (Phi) is 4.84. The van der Waals surface area contributed by atoms with Gasteiger partial charge in [0.25, 0.3) is 5.22 Å². The fourth-order valence-electron chi connectivity index (χ4n) is 3.36. The molecule has 0 bridgehead atoms. The first-order valence-corrected chi connectivity index (χ1v) is 9.65. The van der Waals surface area contributed by atoms with Gasteiger partial charge in [0.15, 0.2) is 5.58 Å². The summed E-state index contributed by atoms with van der Waals surface area (Å²) in [5, 5.41) is 0.541. The summed E-state index contributed by atoms with van der Waals surface area (Å²) in [6, 6.07) is 15.8. The van der Waals surface area contributed by atoms with Gasteiger partial charge in [-0.1, -0.05) is 36.0 Å². The maximum Gasteiger partial charge on any atom is 0.257 e. The number of benzene rings is 2. The normalized spacial score (nSPS) is 17.0. The average molecular weight is 368 g/mol.